The number of unbranched alkanes of at least 4 members (excludes halogenated alkanes) is 4. The molecule has 0 aliphatic rings. The van der Waals surface area contributed by atoms with Crippen molar-refractivity contribution in [2.24, 2.45) is 0 Å². The van der Waals surface area contributed by atoms with Gasteiger partial charge in [0.15, 0.2) is 0 Å². The maximum atomic E-state index is 11.6. The molecule has 0 unspecified atom stereocenters. The van der Waals surface area contributed by atoms with Crippen LogP contribution in [0.25, 0.3) is 0 Å². The van der Waals surface area contributed by atoms with Crippen LogP contribution in [0.2, 0.25) is 0 Å². The predicted molar refractivity (Wildman–Crippen MR) is 73.1 cm³/mol. The van der Waals surface area contributed by atoms with Gasteiger partial charge in [-0.25, -0.2) is 9.59 Å². The van der Waals surface area contributed by atoms with Crippen molar-refractivity contribution in [1.82, 2.24) is 5.32 Å². The summed E-state index contributed by atoms with van der Waals surface area (Å²) in [5.74, 6) is -2.76. The fraction of sp³-hybridized carbons (Fsp3) is 0.750. The lowest BCUT2D eigenvalue weighted by molar-refractivity contribution is -0.242. The second kappa shape index (κ2) is 13.8. The van der Waals surface area contributed by atoms with E-state index in [2.05, 4.69) is 22.0 Å². The van der Waals surface area contributed by atoms with E-state index in [1.807, 2.05) is 0 Å². The highest BCUT2D eigenvalue weighted by Gasteiger charge is 2.26. The van der Waals surface area contributed by atoms with Crippen molar-refractivity contribution in [3.05, 3.63) is 0 Å². The van der Waals surface area contributed by atoms with Gasteiger partial charge in [-0.2, -0.15) is 10.5 Å². The molecule has 0 saturated carbocycles. The van der Waals surface area contributed by atoms with Crippen LogP contribution in [-0.4, -0.2) is 51.8 Å². The third kappa shape index (κ3) is 11.2. The Morgan fingerprint density at radius 3 is 2.19 bits per heavy atom. The highest BCUT2D eigenvalue weighted by molar-refractivity contribution is 5.87. The van der Waals surface area contributed by atoms with Gasteiger partial charge < -0.3 is 10.2 Å². The van der Waals surface area contributed by atoms with Crippen molar-refractivity contribution < 1.29 is 34.7 Å². The fourth-order valence-corrected chi connectivity index (χ4v) is 1.62. The maximum Gasteiger partial charge on any atom is 0.364 e. The fourth-order valence-electron chi connectivity index (χ4n) is 1.62. The largest absolute Gasteiger partial charge is 0.364 e. The molecule has 119 valence electrons. The minimum atomic E-state index is -1.39. The molecule has 0 aliphatic carbocycles. The van der Waals surface area contributed by atoms with E-state index in [1.54, 1.807) is 0 Å². The lowest BCUT2D eigenvalue weighted by atomic mass is 10.1. The van der Waals surface area contributed by atoms with Gasteiger partial charge in [-0.1, -0.05) is 32.6 Å². The van der Waals surface area contributed by atoms with Crippen LogP contribution in [0, 0.1) is 0 Å². The van der Waals surface area contributed by atoms with Crippen molar-refractivity contribution in [3.8, 4) is 0 Å². The minimum Gasteiger partial charge on any atom is -0.342 e. The number of amides is 1. The Hall–Kier alpha value is -1.14. The van der Waals surface area contributed by atoms with Gasteiger partial charge in [0.25, 0.3) is 0 Å². The summed E-state index contributed by atoms with van der Waals surface area (Å²) in [5.41, 5.74) is 0. The quantitative estimate of drug-likeness (QED) is 0.236. The van der Waals surface area contributed by atoms with E-state index in [1.165, 1.54) is 0 Å². The Morgan fingerprint density at radius 2 is 1.67 bits per heavy atom. The molecule has 8 nitrogen and oxygen atoms in total. The molecular weight excluding hydrogens is 297 g/mol. The van der Waals surface area contributed by atoms with Crippen LogP contribution in [0.3, 0.4) is 0 Å². The average Bonchev–Trinajstić information content (AvgIpc) is 2.45. The summed E-state index contributed by atoms with van der Waals surface area (Å²) >= 11 is 0. The van der Waals surface area contributed by atoms with Crippen molar-refractivity contribution in [2.75, 3.05) is 0 Å². The zero-order valence-corrected chi connectivity index (χ0v) is 13.2. The highest BCUT2D eigenvalue weighted by atomic mass is 27.0. The number of carbonyl (C=O) groups excluding carboxylic acids is 3. The first kappa shape index (κ1) is 22.1. The smallest absolute Gasteiger partial charge is 0.342 e. The van der Waals surface area contributed by atoms with Gasteiger partial charge in [-0.15, -0.1) is 0 Å². The Balaban J connectivity index is 0. The summed E-state index contributed by atoms with van der Waals surface area (Å²) in [7, 11) is 0. The SMILES string of the molecule is CCCCCCCC(=O)N[C@@H](CC(=O)OO)C(=O)OO.[Al]. The molecule has 0 saturated heterocycles. The first-order chi connectivity index (χ1) is 9.54. The Bertz CT molecular complexity index is 325. The van der Waals surface area contributed by atoms with E-state index in [0.717, 1.165) is 25.7 Å². The molecule has 0 rings (SSSR count). The first-order valence-electron chi connectivity index (χ1n) is 6.54. The van der Waals surface area contributed by atoms with Crippen molar-refractivity contribution in [1.29, 1.82) is 0 Å². The van der Waals surface area contributed by atoms with E-state index >= 15 is 0 Å². The second-order valence-corrected chi connectivity index (χ2v) is 4.36. The molecule has 0 aromatic rings. The molecule has 3 N–H and O–H groups in total. The van der Waals surface area contributed by atoms with Crippen LogP contribution < -0.4 is 5.32 Å². The first-order valence-corrected chi connectivity index (χ1v) is 6.54. The van der Waals surface area contributed by atoms with Crippen LogP contribution in [0.5, 0.6) is 0 Å². The van der Waals surface area contributed by atoms with Crippen LogP contribution >= 0.6 is 0 Å². The molecule has 1 amide bonds. The summed E-state index contributed by atoms with van der Waals surface area (Å²) in [6.45, 7) is 2.08. The van der Waals surface area contributed by atoms with Gasteiger partial charge in [0.1, 0.15) is 6.04 Å². The van der Waals surface area contributed by atoms with E-state index in [-0.39, 0.29) is 23.8 Å². The van der Waals surface area contributed by atoms with Gasteiger partial charge in [0, 0.05) is 23.8 Å². The molecule has 0 heterocycles. The van der Waals surface area contributed by atoms with Crippen LogP contribution in [-0.2, 0) is 24.2 Å². The molecule has 0 aliphatic heterocycles. The summed E-state index contributed by atoms with van der Waals surface area (Å²) < 4.78 is 0. The Labute approximate surface area is 133 Å². The molecule has 3 radical (unpaired) electrons. The standard InChI is InChI=1S/C12H21NO7.Al/c1-2-3-4-5-6-7-10(14)13-9(12(16)20-18)8-11(15)19-17;/h9,17-18H,2-8H2,1H3,(H,13,14);/t9-;/m0./s1. The van der Waals surface area contributed by atoms with Crippen molar-refractivity contribution in [3.63, 3.8) is 0 Å². The zero-order chi connectivity index (χ0) is 15.4. The summed E-state index contributed by atoms with van der Waals surface area (Å²) in [6.07, 6.45) is 4.36. The van der Waals surface area contributed by atoms with Crippen LogP contribution in [0.15, 0.2) is 0 Å². The Morgan fingerprint density at radius 1 is 1.05 bits per heavy atom. The average molecular weight is 318 g/mol. The highest BCUT2D eigenvalue weighted by Crippen LogP contribution is 2.05. The minimum absolute atomic E-state index is 0. The summed E-state index contributed by atoms with van der Waals surface area (Å²) in [6, 6.07) is -1.39. The molecule has 21 heavy (non-hydrogen) atoms. The predicted octanol–water partition coefficient (Wildman–Crippen LogP) is 0.873. The third-order valence-electron chi connectivity index (χ3n) is 2.69. The van der Waals surface area contributed by atoms with E-state index < -0.39 is 30.3 Å². The maximum absolute atomic E-state index is 11.6. The molecular formula is C12H21AlNO7. The molecule has 0 spiro atoms. The number of rotatable bonds is 10. The van der Waals surface area contributed by atoms with Crippen molar-refractivity contribution in [2.45, 2.75) is 57.9 Å². The van der Waals surface area contributed by atoms with Gasteiger partial charge in [0.05, 0.1) is 6.42 Å². The number of carbonyl (C=O) groups is 3. The number of hydrogen-bond donors (Lipinski definition) is 3. The number of hydrogen-bond acceptors (Lipinski definition) is 7. The van der Waals surface area contributed by atoms with Gasteiger partial charge in [0.2, 0.25) is 5.91 Å². The van der Waals surface area contributed by atoms with Crippen LogP contribution in [0.4, 0.5) is 0 Å². The second-order valence-electron chi connectivity index (χ2n) is 4.36. The monoisotopic (exact) mass is 318 g/mol. The third-order valence-corrected chi connectivity index (χ3v) is 2.69. The van der Waals surface area contributed by atoms with Gasteiger partial charge in [-0.05, 0) is 6.42 Å². The number of nitrogens with one attached hydrogen (secondary N) is 1. The summed E-state index contributed by atoms with van der Waals surface area (Å²) in [5, 5.41) is 18.6. The zero-order valence-electron chi connectivity index (χ0n) is 12.0. The van der Waals surface area contributed by atoms with Gasteiger partial charge in [-0.3, -0.25) is 9.68 Å². The molecule has 0 fully saturated rings. The Kier molecular flexibility index (Phi) is 14.6. The van der Waals surface area contributed by atoms with Gasteiger partial charge >= 0.3 is 11.9 Å². The van der Waals surface area contributed by atoms with E-state index in [4.69, 9.17) is 10.5 Å². The molecule has 0 aromatic carbocycles. The summed E-state index contributed by atoms with van der Waals surface area (Å²) in [4.78, 5) is 40.4. The lowest BCUT2D eigenvalue weighted by Gasteiger charge is -2.13. The molecule has 0 bridgehead atoms. The van der Waals surface area contributed by atoms with E-state index in [9.17, 15) is 14.4 Å². The molecule has 0 aromatic heterocycles. The van der Waals surface area contributed by atoms with E-state index in [0.29, 0.717) is 6.42 Å². The molecule has 1 atom stereocenters. The lowest BCUT2D eigenvalue weighted by Crippen LogP contribution is -2.43. The molecule has 9 heteroatoms. The van der Waals surface area contributed by atoms with Crippen LogP contribution in [0.1, 0.15) is 51.9 Å². The van der Waals surface area contributed by atoms with Crippen molar-refractivity contribution >= 4 is 35.2 Å². The normalized spacial score (nSPS) is 11.0. The topological polar surface area (TPSA) is 122 Å².